The van der Waals surface area contributed by atoms with Gasteiger partial charge in [-0.3, -0.25) is 19.3 Å². The third-order valence-electron chi connectivity index (χ3n) is 6.33. The van der Waals surface area contributed by atoms with E-state index in [0.29, 0.717) is 16.9 Å². The summed E-state index contributed by atoms with van der Waals surface area (Å²) in [6, 6.07) is 7.90. The second-order valence-corrected chi connectivity index (χ2v) is 10.0. The quantitative estimate of drug-likeness (QED) is 0.124. The SMILES string of the molecule is CCCCCN(C(=O)NC(C)C)[C@@H](Cc1ccc(N(C(=O)C(=O)O)c2ccccc2C(=O)O)c(/C=C/C(N)=O)c1)C(N)=O. The summed E-state index contributed by atoms with van der Waals surface area (Å²) in [7, 11) is 0. The molecule has 0 aliphatic heterocycles. The molecule has 13 nitrogen and oxygen atoms in total. The summed E-state index contributed by atoms with van der Waals surface area (Å²) in [5.41, 5.74) is 11.0. The fourth-order valence-corrected chi connectivity index (χ4v) is 4.38. The van der Waals surface area contributed by atoms with E-state index in [9.17, 15) is 39.0 Å². The van der Waals surface area contributed by atoms with Crippen molar-refractivity contribution in [2.24, 2.45) is 11.5 Å². The highest BCUT2D eigenvalue weighted by Crippen LogP contribution is 2.33. The summed E-state index contributed by atoms with van der Waals surface area (Å²) >= 11 is 0. The number of rotatable bonds is 14. The van der Waals surface area contributed by atoms with Crippen molar-refractivity contribution in [3.8, 4) is 0 Å². The number of nitrogens with one attached hydrogen (secondary N) is 1. The second-order valence-electron chi connectivity index (χ2n) is 10.0. The Morgan fingerprint density at radius 3 is 2.19 bits per heavy atom. The zero-order chi connectivity index (χ0) is 32.3. The standard InChI is InChI=1S/C30H37N5O8/c1-4-5-8-15-34(30(43)33-18(2)3)24(26(32)37)17-19-11-13-22(20(16-19)12-14-25(31)36)35(27(38)29(41)42)23-10-7-6-9-21(23)28(39)40/h6-7,9-14,16,18,24H,4-5,8,15,17H2,1-3H3,(H2,31,36)(H2,32,37)(H,33,43)(H,39,40)(H,41,42)/b14-12+/t24-/m0/s1. The van der Waals surface area contributed by atoms with E-state index in [1.54, 1.807) is 13.8 Å². The van der Waals surface area contributed by atoms with Gasteiger partial charge in [-0.1, -0.05) is 38.0 Å². The van der Waals surface area contributed by atoms with Crippen molar-refractivity contribution in [3.05, 3.63) is 65.2 Å². The summed E-state index contributed by atoms with van der Waals surface area (Å²) in [5, 5.41) is 22.1. The minimum atomic E-state index is -1.86. The van der Waals surface area contributed by atoms with Crippen LogP contribution in [0.15, 0.2) is 48.5 Å². The minimum Gasteiger partial charge on any atom is -0.478 e. The zero-order valence-electron chi connectivity index (χ0n) is 24.3. The number of aliphatic carboxylic acids is 1. The van der Waals surface area contributed by atoms with Gasteiger partial charge in [0.1, 0.15) is 6.04 Å². The van der Waals surface area contributed by atoms with Crippen LogP contribution in [0.3, 0.4) is 0 Å². The maximum absolute atomic E-state index is 13.1. The van der Waals surface area contributed by atoms with Crippen molar-refractivity contribution < 1.29 is 39.0 Å². The van der Waals surface area contributed by atoms with Crippen molar-refractivity contribution in [2.45, 2.75) is 58.5 Å². The number of carbonyl (C=O) groups excluding carboxylic acids is 4. The molecule has 0 unspecified atom stereocenters. The number of benzene rings is 2. The first-order valence-electron chi connectivity index (χ1n) is 13.6. The summed E-state index contributed by atoms with van der Waals surface area (Å²) in [5.74, 6) is -6.33. The van der Waals surface area contributed by atoms with Gasteiger partial charge in [0.2, 0.25) is 11.8 Å². The van der Waals surface area contributed by atoms with E-state index in [1.165, 1.54) is 53.4 Å². The number of amides is 5. The third-order valence-corrected chi connectivity index (χ3v) is 6.33. The Hall–Kier alpha value is -5.20. The lowest BCUT2D eigenvalue weighted by molar-refractivity contribution is -0.148. The predicted octanol–water partition coefficient (Wildman–Crippen LogP) is 2.64. The van der Waals surface area contributed by atoms with E-state index in [4.69, 9.17) is 11.5 Å². The average molecular weight is 596 g/mol. The Kier molecular flexibility index (Phi) is 12.4. The fourth-order valence-electron chi connectivity index (χ4n) is 4.38. The average Bonchev–Trinajstić information content (AvgIpc) is 2.93. The van der Waals surface area contributed by atoms with Crippen LogP contribution in [0.25, 0.3) is 6.08 Å². The highest BCUT2D eigenvalue weighted by Gasteiger charge is 2.31. The lowest BCUT2D eigenvalue weighted by Crippen LogP contribution is -2.54. The second kappa shape index (κ2) is 15.7. The maximum atomic E-state index is 13.1. The number of carboxylic acid groups (broad SMARTS) is 2. The van der Waals surface area contributed by atoms with Crippen LogP contribution in [-0.2, 0) is 25.6 Å². The van der Waals surface area contributed by atoms with Crippen LogP contribution >= 0.6 is 0 Å². The van der Waals surface area contributed by atoms with Crippen molar-refractivity contribution >= 4 is 53.1 Å². The lowest BCUT2D eigenvalue weighted by Gasteiger charge is -2.31. The highest BCUT2D eigenvalue weighted by atomic mass is 16.4. The number of hydrogen-bond acceptors (Lipinski definition) is 6. The Labute approximate surface area is 249 Å². The molecule has 230 valence electrons. The lowest BCUT2D eigenvalue weighted by atomic mass is 9.99. The molecular formula is C30H37N5O8. The van der Waals surface area contributed by atoms with Crippen molar-refractivity contribution in [1.29, 1.82) is 0 Å². The Morgan fingerprint density at radius 2 is 1.63 bits per heavy atom. The Balaban J connectivity index is 2.71. The van der Waals surface area contributed by atoms with Crippen LogP contribution < -0.4 is 21.7 Å². The monoisotopic (exact) mass is 595 g/mol. The van der Waals surface area contributed by atoms with E-state index in [1.807, 2.05) is 6.92 Å². The number of urea groups is 1. The maximum Gasteiger partial charge on any atom is 0.395 e. The van der Waals surface area contributed by atoms with Crippen LogP contribution in [0.1, 0.15) is 61.5 Å². The van der Waals surface area contributed by atoms with Crippen LogP contribution in [0.2, 0.25) is 0 Å². The number of hydrogen-bond donors (Lipinski definition) is 5. The van der Waals surface area contributed by atoms with Gasteiger partial charge in [0.25, 0.3) is 0 Å². The van der Waals surface area contributed by atoms with Gasteiger partial charge in [-0.2, -0.15) is 0 Å². The van der Waals surface area contributed by atoms with E-state index in [0.717, 1.165) is 18.9 Å². The van der Waals surface area contributed by atoms with Crippen LogP contribution in [0.4, 0.5) is 16.2 Å². The summed E-state index contributed by atoms with van der Waals surface area (Å²) in [4.78, 5) is 76.1. The van der Waals surface area contributed by atoms with Crippen molar-refractivity contribution in [3.63, 3.8) is 0 Å². The van der Waals surface area contributed by atoms with Crippen LogP contribution in [0, 0.1) is 0 Å². The number of nitrogens with two attached hydrogens (primary N) is 2. The number of carboxylic acids is 2. The predicted molar refractivity (Wildman–Crippen MR) is 159 cm³/mol. The van der Waals surface area contributed by atoms with E-state index in [-0.39, 0.29) is 41.5 Å². The Morgan fingerprint density at radius 1 is 0.953 bits per heavy atom. The third kappa shape index (κ3) is 9.42. The van der Waals surface area contributed by atoms with Gasteiger partial charge in [-0.15, -0.1) is 0 Å². The number of nitrogens with zero attached hydrogens (tertiary/aromatic N) is 2. The van der Waals surface area contributed by atoms with Gasteiger partial charge in [-0.25, -0.2) is 14.4 Å². The molecule has 0 aliphatic rings. The van der Waals surface area contributed by atoms with E-state index < -0.39 is 41.7 Å². The first-order valence-corrected chi connectivity index (χ1v) is 13.6. The van der Waals surface area contributed by atoms with Crippen LogP contribution in [-0.4, -0.2) is 69.4 Å². The molecular weight excluding hydrogens is 558 g/mol. The van der Waals surface area contributed by atoms with Gasteiger partial charge in [-0.05, 0) is 61.7 Å². The molecule has 1 atom stereocenters. The number of unbranched alkanes of at least 4 members (excludes halogenated alkanes) is 2. The van der Waals surface area contributed by atoms with Crippen LogP contribution in [0.5, 0.6) is 0 Å². The zero-order valence-corrected chi connectivity index (χ0v) is 24.3. The van der Waals surface area contributed by atoms with Gasteiger partial charge >= 0.3 is 23.9 Å². The molecule has 0 heterocycles. The largest absolute Gasteiger partial charge is 0.478 e. The molecule has 2 aromatic rings. The first-order chi connectivity index (χ1) is 20.3. The molecule has 0 saturated heterocycles. The van der Waals surface area contributed by atoms with E-state index in [2.05, 4.69) is 5.32 Å². The summed E-state index contributed by atoms with van der Waals surface area (Å²) in [6.07, 6.45) is 4.49. The number of primary amides is 2. The molecule has 0 saturated carbocycles. The highest BCUT2D eigenvalue weighted by molar-refractivity contribution is 6.39. The molecule has 0 bridgehead atoms. The molecule has 0 fully saturated rings. The molecule has 0 aromatic heterocycles. The summed E-state index contributed by atoms with van der Waals surface area (Å²) < 4.78 is 0. The molecule has 5 amide bonds. The normalized spacial score (nSPS) is 11.6. The Bertz CT molecular complexity index is 1400. The number of carbonyl (C=O) groups is 6. The number of para-hydroxylation sites is 1. The van der Waals surface area contributed by atoms with Gasteiger partial charge in [0, 0.05) is 25.1 Å². The molecule has 7 N–H and O–H groups in total. The molecule has 0 aliphatic carbocycles. The summed E-state index contributed by atoms with van der Waals surface area (Å²) in [6.45, 7) is 5.83. The first kappa shape index (κ1) is 34.0. The van der Waals surface area contributed by atoms with Gasteiger partial charge in [0.05, 0.1) is 16.9 Å². The van der Waals surface area contributed by atoms with E-state index >= 15 is 0 Å². The van der Waals surface area contributed by atoms with Gasteiger partial charge < -0.3 is 31.9 Å². The number of aromatic carboxylic acids is 1. The van der Waals surface area contributed by atoms with Gasteiger partial charge in [0.15, 0.2) is 0 Å². The number of anilines is 2. The molecule has 0 radical (unpaired) electrons. The van der Waals surface area contributed by atoms with Crippen molar-refractivity contribution in [2.75, 3.05) is 11.4 Å². The molecule has 13 heteroatoms. The molecule has 2 rings (SSSR count). The molecule has 2 aromatic carbocycles. The topological polar surface area (TPSA) is 213 Å². The van der Waals surface area contributed by atoms with Crippen molar-refractivity contribution in [1.82, 2.24) is 10.2 Å². The molecule has 0 spiro atoms. The smallest absolute Gasteiger partial charge is 0.395 e. The minimum absolute atomic E-state index is 0.0523. The fraction of sp³-hybridized carbons (Fsp3) is 0.333. The molecule has 43 heavy (non-hydrogen) atoms.